The van der Waals surface area contributed by atoms with Gasteiger partial charge >= 0.3 is 35.8 Å². The number of rotatable bonds is 27. The first-order chi connectivity index (χ1) is 39.3. The number of sulfone groups is 1. The van der Waals surface area contributed by atoms with Gasteiger partial charge in [-0.25, -0.2) is 45.5 Å². The molecule has 3 aliphatic heterocycles. The molecular weight excluding hydrogens is 1160 g/mol. The number of H-pyrrole nitrogens is 1. The largest absolute Gasteiger partial charge is 0.451 e. The van der Waals surface area contributed by atoms with Crippen molar-refractivity contribution in [1.82, 2.24) is 25.2 Å². The number of hydrogen-bond donors (Lipinski definition) is 6. The maximum absolute atomic E-state index is 13.3. The molecule has 0 saturated heterocycles. The molecule has 30 heteroatoms. The number of carbonyl (C=O) groups excluding carboxylic acids is 10. The molecule has 84 heavy (non-hydrogen) atoms. The molecule has 0 aliphatic carbocycles. The fourth-order valence-corrected chi connectivity index (χ4v) is 13.6. The first-order valence-corrected chi connectivity index (χ1v) is 30.7. The van der Waals surface area contributed by atoms with Gasteiger partial charge in [-0.1, -0.05) is 32.5 Å². The Bertz CT molecular complexity index is 3270. The van der Waals surface area contributed by atoms with Crippen molar-refractivity contribution in [3.05, 3.63) is 66.4 Å². The number of ether oxygens (including phenoxy) is 6. The topological polar surface area (TPSA) is 374 Å². The third-order valence-corrected chi connectivity index (χ3v) is 19.2. The van der Waals surface area contributed by atoms with Gasteiger partial charge in [-0.3, -0.25) is 24.0 Å². The van der Waals surface area contributed by atoms with Crippen LogP contribution in [0.5, 0.6) is 0 Å². The van der Waals surface area contributed by atoms with Gasteiger partial charge in [0.25, 0.3) is 27.7 Å². The third kappa shape index (κ3) is 16.9. The summed E-state index contributed by atoms with van der Waals surface area (Å²) in [5.41, 5.74) is 4.32. The lowest BCUT2D eigenvalue weighted by molar-refractivity contribution is -0.187. The first kappa shape index (κ1) is 67.4. The van der Waals surface area contributed by atoms with Crippen molar-refractivity contribution in [2.45, 2.75) is 150 Å². The molecule has 0 saturated carbocycles. The molecule has 2 aromatic rings. The van der Waals surface area contributed by atoms with E-state index in [1.165, 1.54) is 13.0 Å². The lowest BCUT2D eigenvalue weighted by Gasteiger charge is -2.23. The summed E-state index contributed by atoms with van der Waals surface area (Å²) in [5, 5.41) is 10.6. The minimum atomic E-state index is -4.67. The highest BCUT2D eigenvalue weighted by Gasteiger charge is 2.44. The standard InChI is InChI=1S/C54H71N7O20S3/c1-13-55-41-25-44(82-54-38(41)22-26(4)83(54,72)73)84(74,75)60-46(64)29(7)77-50(68)31(9)79-52(70)33(11)81-53(71)34(12)80-51(69)32(10)78-49(67)30(8)76-43(63)19-18-42(62)58-35-16-17-39-36(23-35)37(47(65)59-39)24-40-27(5)45(28(6)57-40)48(66)56-20-21-61(14-2)15-3/h16-17,23-26,29-34,41,55,57H,13-15,18-22H2,1-12H3,(H,56,66)(H,58,62)(H,59,65)(H,60,64)/b37-24-/t26-,29?,30?,31?,32?,33?,34?,41-/m0/s1. The molecule has 0 spiro atoms. The highest BCUT2D eigenvalue weighted by molar-refractivity contribution is 8.28. The van der Waals surface area contributed by atoms with Crippen LogP contribution in [0.2, 0.25) is 0 Å². The molecule has 0 bridgehead atoms. The SMILES string of the molecule is CCN[C@H]1C=C(S(=O)(=O)NC(=O)C(C)OC(=O)C(C)OC(=O)C(C)OC(=O)C(C)OC(=O)C(C)OC(=O)C(C)OC(=O)CCC(=O)Nc2ccc3c(c2)/C(=C/c2[nH]c(C)c(C(=O)NCCN(CC)CC)c2C)C(=O)N3)SC2=C1C[C@H](C)S2(=O)=O. The highest BCUT2D eigenvalue weighted by atomic mass is 32.3. The third-order valence-electron chi connectivity index (χ3n) is 13.4. The van der Waals surface area contributed by atoms with Crippen molar-refractivity contribution in [3.63, 3.8) is 0 Å². The number of thioether (sulfide) groups is 1. The van der Waals surface area contributed by atoms with E-state index in [4.69, 9.17) is 28.4 Å². The number of esters is 6. The van der Waals surface area contributed by atoms with E-state index >= 15 is 0 Å². The van der Waals surface area contributed by atoms with Gasteiger partial charge in [0.15, 0.2) is 46.5 Å². The molecule has 4 amide bonds. The van der Waals surface area contributed by atoms with Crippen LogP contribution >= 0.6 is 11.8 Å². The van der Waals surface area contributed by atoms with Gasteiger partial charge in [0.1, 0.15) is 8.47 Å². The average molecular weight is 1230 g/mol. The molecule has 0 fully saturated rings. The van der Waals surface area contributed by atoms with Crippen LogP contribution in [0.1, 0.15) is 121 Å². The van der Waals surface area contributed by atoms with E-state index in [-0.39, 0.29) is 28.6 Å². The Hall–Kier alpha value is -7.41. The number of likely N-dealkylation sites (N-methyl/N-ethyl adjacent to an activating group) is 2. The van der Waals surface area contributed by atoms with E-state index in [1.54, 1.807) is 49.8 Å². The van der Waals surface area contributed by atoms with Crippen molar-refractivity contribution in [1.29, 1.82) is 0 Å². The number of aryl methyl sites for hydroxylation is 1. The Morgan fingerprint density at radius 3 is 1.86 bits per heavy atom. The Kier molecular flexibility index (Phi) is 23.2. The minimum absolute atomic E-state index is 0.123. The number of hydrogen-bond acceptors (Lipinski definition) is 23. The van der Waals surface area contributed by atoms with E-state index in [0.717, 1.165) is 54.6 Å². The minimum Gasteiger partial charge on any atom is -0.451 e. The van der Waals surface area contributed by atoms with Crippen LogP contribution in [0.15, 0.2) is 38.3 Å². The number of sulfonamides is 1. The van der Waals surface area contributed by atoms with Crippen molar-refractivity contribution < 1.29 is 93.2 Å². The Labute approximate surface area is 490 Å². The molecule has 5 rings (SSSR count). The second-order valence-electron chi connectivity index (χ2n) is 19.8. The van der Waals surface area contributed by atoms with Gasteiger partial charge in [0.05, 0.1) is 28.8 Å². The molecular formula is C54H71N7O20S3. The zero-order chi connectivity index (χ0) is 62.7. The summed E-state index contributed by atoms with van der Waals surface area (Å²) < 4.78 is 83.7. The molecule has 1 aromatic carbocycles. The predicted molar refractivity (Wildman–Crippen MR) is 305 cm³/mol. The number of amides is 4. The summed E-state index contributed by atoms with van der Waals surface area (Å²) in [7, 11) is -8.50. The molecule has 1 aromatic heterocycles. The van der Waals surface area contributed by atoms with Crippen LogP contribution in [0.4, 0.5) is 11.4 Å². The van der Waals surface area contributed by atoms with Crippen molar-refractivity contribution in [2.75, 3.05) is 43.4 Å². The maximum Gasteiger partial charge on any atom is 0.347 e. The fraction of sp³-hybridized carbons (Fsp3) is 0.519. The summed E-state index contributed by atoms with van der Waals surface area (Å²) >= 11 is 0.483. The van der Waals surface area contributed by atoms with E-state index in [1.807, 2.05) is 13.8 Å². The summed E-state index contributed by atoms with van der Waals surface area (Å²) in [6.07, 6.45) is -7.95. The quantitative estimate of drug-likeness (QED) is 0.0425. The van der Waals surface area contributed by atoms with Gasteiger partial charge in [-0.05, 0) is 130 Å². The van der Waals surface area contributed by atoms with Gasteiger partial charge in [-0.2, -0.15) is 0 Å². The summed E-state index contributed by atoms with van der Waals surface area (Å²) in [5.74, 6) is -9.88. The number of anilines is 2. The summed E-state index contributed by atoms with van der Waals surface area (Å²) in [6.45, 7) is 20.5. The van der Waals surface area contributed by atoms with Crippen LogP contribution in [0, 0.1) is 13.8 Å². The molecule has 6 unspecified atom stereocenters. The van der Waals surface area contributed by atoms with Crippen LogP contribution in [-0.4, -0.2) is 167 Å². The lowest BCUT2D eigenvalue weighted by Crippen LogP contribution is -2.42. The van der Waals surface area contributed by atoms with E-state index in [2.05, 4.69) is 31.2 Å². The van der Waals surface area contributed by atoms with Crippen molar-refractivity contribution >= 4 is 114 Å². The fourth-order valence-electron chi connectivity index (χ4n) is 8.53. The monoisotopic (exact) mass is 1230 g/mol. The van der Waals surface area contributed by atoms with Crippen LogP contribution in [0.3, 0.4) is 0 Å². The van der Waals surface area contributed by atoms with Crippen LogP contribution in [0.25, 0.3) is 11.6 Å². The number of carbonyl (C=O) groups is 10. The van der Waals surface area contributed by atoms with Crippen LogP contribution in [-0.2, 0) is 91.4 Å². The number of aromatic nitrogens is 1. The average Bonchev–Trinajstić information content (AvgIpc) is 1.90. The van der Waals surface area contributed by atoms with E-state index in [0.29, 0.717) is 76.4 Å². The first-order valence-electron chi connectivity index (χ1n) is 26.9. The number of benzene rings is 1. The van der Waals surface area contributed by atoms with Gasteiger partial charge < -0.3 is 59.6 Å². The zero-order valence-corrected chi connectivity index (χ0v) is 50.9. The second kappa shape index (κ2) is 28.9. The zero-order valence-electron chi connectivity index (χ0n) is 48.5. The Morgan fingerprint density at radius 1 is 0.786 bits per heavy atom. The van der Waals surface area contributed by atoms with Crippen molar-refractivity contribution in [3.8, 4) is 0 Å². The molecule has 0 radical (unpaired) electrons. The van der Waals surface area contributed by atoms with Gasteiger partial charge in [0.2, 0.25) is 5.91 Å². The van der Waals surface area contributed by atoms with Crippen LogP contribution < -0.4 is 26.0 Å². The number of nitrogens with zero attached hydrogens (tertiary/aromatic N) is 1. The number of fused-ring (bicyclic) bond motifs is 1. The molecule has 27 nitrogen and oxygen atoms in total. The smallest absolute Gasteiger partial charge is 0.347 e. The highest BCUT2D eigenvalue weighted by Crippen LogP contribution is 2.48. The second-order valence-corrected chi connectivity index (χ2v) is 25.3. The number of nitrogens with one attached hydrogen (secondary N) is 6. The predicted octanol–water partition coefficient (Wildman–Crippen LogP) is 2.94. The summed E-state index contributed by atoms with van der Waals surface area (Å²) in [4.78, 5) is 134. The summed E-state index contributed by atoms with van der Waals surface area (Å²) in [6, 6.07) is 3.98. The van der Waals surface area contributed by atoms with Gasteiger partial charge in [0, 0.05) is 47.8 Å². The normalized spacial score (nSPS) is 18.8. The maximum atomic E-state index is 13.3. The lowest BCUT2D eigenvalue weighted by atomic mass is 10.0. The molecule has 3 aliphatic rings. The Morgan fingerprint density at radius 2 is 1.32 bits per heavy atom. The van der Waals surface area contributed by atoms with Crippen molar-refractivity contribution in [2.24, 2.45) is 0 Å². The molecule has 6 N–H and O–H groups in total. The van der Waals surface area contributed by atoms with Gasteiger partial charge in [-0.15, -0.1) is 0 Å². The number of aromatic amines is 1. The van der Waals surface area contributed by atoms with E-state index in [9.17, 15) is 64.8 Å². The molecule has 4 heterocycles. The van der Waals surface area contributed by atoms with E-state index < -0.39 is 132 Å². The Balaban J connectivity index is 1.02. The molecule has 8 atom stereocenters. The molecule has 460 valence electrons.